The summed E-state index contributed by atoms with van der Waals surface area (Å²) in [7, 11) is -2.96. The number of rotatable bonds is 10. The Kier molecular flexibility index (Phi) is 8.88. The molecule has 0 heterocycles. The highest BCUT2D eigenvalue weighted by atomic mass is 28.4. The Morgan fingerprint density at radius 1 is 1.15 bits per heavy atom. The van der Waals surface area contributed by atoms with Crippen molar-refractivity contribution in [3.05, 3.63) is 12.2 Å². The van der Waals surface area contributed by atoms with Gasteiger partial charge in [-0.2, -0.15) is 0 Å². The van der Waals surface area contributed by atoms with Gasteiger partial charge < -0.3 is 8.85 Å². The molecule has 0 aromatic rings. The summed E-state index contributed by atoms with van der Waals surface area (Å²) >= 11 is 0. The molecule has 3 nitrogen and oxygen atoms in total. The van der Waals surface area contributed by atoms with Gasteiger partial charge in [-0.05, 0) is 51.6 Å². The summed E-state index contributed by atoms with van der Waals surface area (Å²) in [6, 6.07) is 3.76. The topological polar surface area (TPSA) is 35.5 Å². The molecule has 0 bridgehead atoms. The van der Waals surface area contributed by atoms with Crippen molar-refractivity contribution in [1.82, 2.24) is 0 Å². The van der Waals surface area contributed by atoms with Crippen LogP contribution in [0.2, 0.25) is 50.9 Å². The fraction of sp³-hybridized carbons (Fsp3) is 0.786. The highest BCUT2D eigenvalue weighted by molar-refractivity contribution is 6.85. The van der Waals surface area contributed by atoms with E-state index in [4.69, 9.17) is 8.85 Å². The zero-order chi connectivity index (χ0) is 15.8. The second kappa shape index (κ2) is 8.96. The lowest BCUT2D eigenvalue weighted by Gasteiger charge is -2.34. The van der Waals surface area contributed by atoms with Gasteiger partial charge in [0.15, 0.2) is 16.6 Å². The largest absolute Gasteiger partial charge is 0.462 e. The summed E-state index contributed by atoms with van der Waals surface area (Å²) in [4.78, 5) is 11.3. The SMILES string of the molecule is C=C(C)C(=O)OCCC[Si](C)(C)O[Si](C)(C)CC[SiH2]C. The van der Waals surface area contributed by atoms with Gasteiger partial charge in [-0.3, -0.25) is 0 Å². The summed E-state index contributed by atoms with van der Waals surface area (Å²) in [5, 5.41) is 0. The van der Waals surface area contributed by atoms with E-state index in [9.17, 15) is 4.79 Å². The molecule has 0 aliphatic heterocycles. The minimum absolute atomic E-state index is 0.149. The molecule has 0 rings (SSSR count). The van der Waals surface area contributed by atoms with Crippen LogP contribution >= 0.6 is 0 Å². The first-order valence-corrected chi connectivity index (χ1v) is 16.3. The molecule has 0 fully saturated rings. The van der Waals surface area contributed by atoms with Crippen molar-refractivity contribution in [2.45, 2.75) is 64.2 Å². The van der Waals surface area contributed by atoms with Crippen LogP contribution in [0.3, 0.4) is 0 Å². The minimum atomic E-state index is -1.62. The van der Waals surface area contributed by atoms with Crippen LogP contribution in [-0.4, -0.2) is 38.7 Å². The molecular formula is C14H32O3Si3. The molecule has 0 saturated carbocycles. The van der Waals surface area contributed by atoms with Crippen LogP contribution in [0, 0.1) is 0 Å². The lowest BCUT2D eigenvalue weighted by atomic mass is 10.4. The Morgan fingerprint density at radius 3 is 2.20 bits per heavy atom. The Bertz CT molecular complexity index is 328. The first kappa shape index (κ1) is 19.8. The highest BCUT2D eigenvalue weighted by Gasteiger charge is 2.32. The summed E-state index contributed by atoms with van der Waals surface area (Å²) in [6.45, 7) is 17.3. The number of carbonyl (C=O) groups excluding carboxylic acids is 1. The molecule has 0 radical (unpaired) electrons. The molecule has 0 aromatic carbocycles. The molecule has 118 valence electrons. The summed E-state index contributed by atoms with van der Waals surface area (Å²) < 4.78 is 11.7. The van der Waals surface area contributed by atoms with E-state index in [-0.39, 0.29) is 15.5 Å². The number of ether oxygens (including phenoxy) is 1. The monoisotopic (exact) mass is 332 g/mol. The number of carbonyl (C=O) groups is 1. The quantitative estimate of drug-likeness (QED) is 0.265. The average molecular weight is 333 g/mol. The predicted octanol–water partition coefficient (Wildman–Crippen LogP) is 3.56. The van der Waals surface area contributed by atoms with Crippen LogP contribution in [0.15, 0.2) is 12.2 Å². The molecule has 0 N–H and O–H groups in total. The molecule has 0 saturated heterocycles. The molecule has 6 heteroatoms. The van der Waals surface area contributed by atoms with Crippen LogP contribution in [0.1, 0.15) is 13.3 Å². The van der Waals surface area contributed by atoms with Crippen LogP contribution in [0.5, 0.6) is 0 Å². The molecule has 0 amide bonds. The second-order valence-electron chi connectivity index (χ2n) is 6.74. The lowest BCUT2D eigenvalue weighted by molar-refractivity contribution is -0.138. The van der Waals surface area contributed by atoms with Crippen molar-refractivity contribution < 1.29 is 13.6 Å². The van der Waals surface area contributed by atoms with Gasteiger partial charge in [0.1, 0.15) is 0 Å². The zero-order valence-electron chi connectivity index (χ0n) is 14.2. The fourth-order valence-corrected chi connectivity index (χ4v) is 14.9. The van der Waals surface area contributed by atoms with Crippen LogP contribution in [0.4, 0.5) is 0 Å². The van der Waals surface area contributed by atoms with Crippen molar-refractivity contribution in [2.24, 2.45) is 0 Å². The lowest BCUT2D eigenvalue weighted by Crippen LogP contribution is -2.44. The minimum Gasteiger partial charge on any atom is -0.462 e. The molecular weight excluding hydrogens is 300 g/mol. The first-order valence-electron chi connectivity index (χ1n) is 7.62. The Labute approximate surface area is 129 Å². The van der Waals surface area contributed by atoms with Crippen molar-refractivity contribution in [1.29, 1.82) is 0 Å². The molecule has 0 atom stereocenters. The maximum atomic E-state index is 11.3. The highest BCUT2D eigenvalue weighted by Crippen LogP contribution is 2.23. The van der Waals surface area contributed by atoms with Gasteiger partial charge in [-0.25, -0.2) is 4.79 Å². The molecule has 0 spiro atoms. The Balaban J connectivity index is 4.06. The van der Waals surface area contributed by atoms with Crippen molar-refractivity contribution in [2.75, 3.05) is 6.61 Å². The van der Waals surface area contributed by atoms with Gasteiger partial charge in [-0.15, -0.1) is 0 Å². The average Bonchev–Trinajstić information content (AvgIpc) is 2.30. The predicted molar refractivity (Wildman–Crippen MR) is 95.3 cm³/mol. The van der Waals surface area contributed by atoms with Crippen molar-refractivity contribution >= 4 is 32.1 Å². The van der Waals surface area contributed by atoms with E-state index in [2.05, 4.69) is 39.3 Å². The van der Waals surface area contributed by atoms with E-state index in [0.29, 0.717) is 12.2 Å². The summed E-state index contributed by atoms with van der Waals surface area (Å²) in [5.74, 6) is -0.284. The Hall–Kier alpha value is -0.179. The van der Waals surface area contributed by atoms with Gasteiger partial charge >= 0.3 is 5.97 Å². The van der Waals surface area contributed by atoms with E-state index < -0.39 is 16.6 Å². The maximum absolute atomic E-state index is 11.3. The van der Waals surface area contributed by atoms with E-state index in [1.165, 1.54) is 12.1 Å². The van der Waals surface area contributed by atoms with Gasteiger partial charge in [0, 0.05) is 15.1 Å². The van der Waals surface area contributed by atoms with Crippen molar-refractivity contribution in [3.63, 3.8) is 0 Å². The van der Waals surface area contributed by atoms with Gasteiger partial charge in [0.2, 0.25) is 0 Å². The standard InChI is InChI=1S/C14H32O3Si3/c1-13(2)14(15)16-9-8-11-19(4,5)17-20(6,7)12-10-18-3/h1,8-12,18H2,2-7H3. The van der Waals surface area contributed by atoms with E-state index in [1.54, 1.807) is 6.92 Å². The van der Waals surface area contributed by atoms with Gasteiger partial charge in [0.05, 0.1) is 6.61 Å². The second-order valence-corrected chi connectivity index (χ2v) is 17.3. The number of esters is 1. The number of hydrogen-bond acceptors (Lipinski definition) is 3. The summed E-state index contributed by atoms with van der Waals surface area (Å²) in [6.07, 6.45) is 0.894. The van der Waals surface area contributed by atoms with Gasteiger partial charge in [-0.1, -0.05) is 19.2 Å². The Morgan fingerprint density at radius 2 is 1.70 bits per heavy atom. The van der Waals surface area contributed by atoms with E-state index >= 15 is 0 Å². The van der Waals surface area contributed by atoms with Crippen LogP contribution < -0.4 is 0 Å². The molecule has 0 aliphatic carbocycles. The molecule has 0 aliphatic rings. The van der Waals surface area contributed by atoms with Crippen LogP contribution in [-0.2, 0) is 13.6 Å². The fourth-order valence-electron chi connectivity index (χ4n) is 2.24. The smallest absolute Gasteiger partial charge is 0.333 e. The van der Waals surface area contributed by atoms with E-state index in [0.717, 1.165) is 12.5 Å². The molecule has 20 heavy (non-hydrogen) atoms. The normalized spacial score (nSPS) is 12.9. The third-order valence-electron chi connectivity index (χ3n) is 3.19. The molecule has 0 aromatic heterocycles. The van der Waals surface area contributed by atoms with Crippen molar-refractivity contribution in [3.8, 4) is 0 Å². The van der Waals surface area contributed by atoms with Gasteiger partial charge in [0.25, 0.3) is 0 Å². The zero-order valence-corrected chi connectivity index (χ0v) is 17.6. The third-order valence-corrected chi connectivity index (χ3v) is 12.5. The molecule has 0 unspecified atom stereocenters. The van der Waals surface area contributed by atoms with Crippen LogP contribution in [0.25, 0.3) is 0 Å². The third kappa shape index (κ3) is 9.68. The van der Waals surface area contributed by atoms with E-state index in [1.807, 2.05) is 0 Å². The summed E-state index contributed by atoms with van der Waals surface area (Å²) in [5.41, 5.74) is 0.468. The first-order chi connectivity index (χ1) is 9.09. The maximum Gasteiger partial charge on any atom is 0.333 e. The number of hydrogen-bond donors (Lipinski definition) is 0.